The second-order valence-electron chi connectivity index (χ2n) is 6.70. The fourth-order valence-electron chi connectivity index (χ4n) is 4.12. The van der Waals surface area contributed by atoms with Gasteiger partial charge in [0.1, 0.15) is 0 Å². The summed E-state index contributed by atoms with van der Waals surface area (Å²) in [6.45, 7) is 3.47. The van der Waals surface area contributed by atoms with E-state index in [1.807, 2.05) is 12.1 Å². The van der Waals surface area contributed by atoms with Crippen molar-refractivity contribution in [2.45, 2.75) is 63.6 Å². The first kappa shape index (κ1) is 15.3. The van der Waals surface area contributed by atoms with E-state index < -0.39 is 0 Å². The van der Waals surface area contributed by atoms with Gasteiger partial charge in [0.15, 0.2) is 0 Å². The Hall–Kier alpha value is -0.570. The van der Waals surface area contributed by atoms with Crippen LogP contribution in [0, 0.1) is 5.92 Å². The zero-order valence-electron chi connectivity index (χ0n) is 12.9. The summed E-state index contributed by atoms with van der Waals surface area (Å²) in [5.74, 6) is 0.794. The van der Waals surface area contributed by atoms with Crippen molar-refractivity contribution < 1.29 is 0 Å². The number of halogens is 1. The lowest BCUT2D eigenvalue weighted by Crippen LogP contribution is -2.47. The molecule has 0 radical (unpaired) electrons. The molecule has 0 amide bonds. The lowest BCUT2D eigenvalue weighted by atomic mass is 9.79. The molecule has 2 nitrogen and oxygen atoms in total. The van der Waals surface area contributed by atoms with Gasteiger partial charge in [-0.15, -0.1) is 0 Å². The van der Waals surface area contributed by atoms with Crippen molar-refractivity contribution in [2.75, 3.05) is 6.54 Å². The van der Waals surface area contributed by atoms with Crippen LogP contribution in [0.4, 0.5) is 0 Å². The van der Waals surface area contributed by atoms with Crippen LogP contribution < -0.4 is 10.6 Å². The minimum atomic E-state index is 0.371. The average molecular weight is 307 g/mol. The Balaban J connectivity index is 1.66. The van der Waals surface area contributed by atoms with Gasteiger partial charge in [-0.25, -0.2) is 0 Å². The van der Waals surface area contributed by atoms with Gasteiger partial charge in [0.2, 0.25) is 0 Å². The first-order chi connectivity index (χ1) is 10.2. The van der Waals surface area contributed by atoms with E-state index >= 15 is 0 Å². The molecule has 4 atom stereocenters. The highest BCUT2D eigenvalue weighted by molar-refractivity contribution is 6.30. The van der Waals surface area contributed by atoms with Crippen LogP contribution in [0.2, 0.25) is 5.02 Å². The molecule has 0 bridgehead atoms. The van der Waals surface area contributed by atoms with Crippen molar-refractivity contribution in [1.29, 1.82) is 0 Å². The maximum Gasteiger partial charge on any atom is 0.0409 e. The van der Waals surface area contributed by atoms with Crippen molar-refractivity contribution in [3.8, 4) is 0 Å². The molecule has 1 aromatic carbocycles. The molecule has 1 aliphatic carbocycles. The molecule has 2 aliphatic rings. The molecule has 2 N–H and O–H groups in total. The highest BCUT2D eigenvalue weighted by Gasteiger charge is 2.33. The molecule has 1 aromatic rings. The van der Waals surface area contributed by atoms with Crippen molar-refractivity contribution in [3.05, 3.63) is 34.9 Å². The van der Waals surface area contributed by atoms with Crippen molar-refractivity contribution >= 4 is 11.6 Å². The maximum absolute atomic E-state index is 6.13. The lowest BCUT2D eigenvalue weighted by molar-refractivity contribution is 0.203. The highest BCUT2D eigenvalue weighted by atomic mass is 35.5. The summed E-state index contributed by atoms with van der Waals surface area (Å²) in [4.78, 5) is 0. The predicted molar refractivity (Wildman–Crippen MR) is 89.8 cm³/mol. The van der Waals surface area contributed by atoms with Crippen molar-refractivity contribution in [2.24, 2.45) is 5.92 Å². The van der Waals surface area contributed by atoms with Gasteiger partial charge in [0.05, 0.1) is 0 Å². The molecule has 0 aromatic heterocycles. The van der Waals surface area contributed by atoms with Crippen LogP contribution in [0.5, 0.6) is 0 Å². The van der Waals surface area contributed by atoms with E-state index in [4.69, 9.17) is 11.6 Å². The van der Waals surface area contributed by atoms with E-state index in [9.17, 15) is 0 Å². The summed E-state index contributed by atoms with van der Waals surface area (Å²) < 4.78 is 0. The van der Waals surface area contributed by atoms with Crippen LogP contribution in [0.3, 0.4) is 0 Å². The Labute approximate surface area is 133 Å². The summed E-state index contributed by atoms with van der Waals surface area (Å²) in [7, 11) is 0. The van der Waals surface area contributed by atoms with Crippen LogP contribution in [-0.4, -0.2) is 18.6 Å². The van der Waals surface area contributed by atoms with Gasteiger partial charge in [0.25, 0.3) is 0 Å². The normalized spacial score (nSPS) is 31.2. The molecule has 1 heterocycles. The number of rotatable bonds is 4. The van der Waals surface area contributed by atoms with Gasteiger partial charge in [-0.3, -0.25) is 0 Å². The number of benzene rings is 1. The second kappa shape index (κ2) is 7.13. The predicted octanol–water partition coefficient (Wildman–Crippen LogP) is 4.30. The summed E-state index contributed by atoms with van der Waals surface area (Å²) in [6.07, 6.45) is 8.15. The molecule has 21 heavy (non-hydrogen) atoms. The molecule has 0 spiro atoms. The third kappa shape index (κ3) is 3.80. The van der Waals surface area contributed by atoms with Crippen LogP contribution in [0.15, 0.2) is 24.3 Å². The fraction of sp³-hybridized carbons (Fsp3) is 0.667. The topological polar surface area (TPSA) is 24.1 Å². The van der Waals surface area contributed by atoms with Gasteiger partial charge in [0, 0.05) is 23.1 Å². The highest BCUT2D eigenvalue weighted by Crippen LogP contribution is 2.32. The fourth-order valence-corrected chi connectivity index (χ4v) is 4.32. The molecule has 3 heteroatoms. The van der Waals surface area contributed by atoms with Gasteiger partial charge in [-0.05, 0) is 62.8 Å². The van der Waals surface area contributed by atoms with E-state index in [1.165, 1.54) is 50.6 Å². The lowest BCUT2D eigenvalue weighted by Gasteiger charge is -2.38. The number of nitrogens with one attached hydrogen (secondary N) is 2. The number of hydrogen-bond donors (Lipinski definition) is 2. The minimum absolute atomic E-state index is 0.371. The van der Waals surface area contributed by atoms with Crippen LogP contribution >= 0.6 is 11.6 Å². The Morgan fingerprint density at radius 3 is 2.81 bits per heavy atom. The van der Waals surface area contributed by atoms with E-state index in [-0.39, 0.29) is 0 Å². The molecule has 1 saturated heterocycles. The van der Waals surface area contributed by atoms with E-state index in [2.05, 4.69) is 29.7 Å². The number of hydrogen-bond acceptors (Lipinski definition) is 2. The monoisotopic (exact) mass is 306 g/mol. The standard InChI is InChI=1S/C18H27ClN2/c1-13(14-6-4-7-15(19)12-14)21-18-9-3-2-8-16(18)17-10-5-11-20-17/h4,6-7,12-13,16-18,20-21H,2-3,5,8-11H2,1H3. The molecule has 4 unspecified atom stereocenters. The SMILES string of the molecule is CC(NC1CCCCC1C1CCCN1)c1cccc(Cl)c1. The Morgan fingerprint density at radius 2 is 2.05 bits per heavy atom. The van der Waals surface area contributed by atoms with Crippen LogP contribution in [0.1, 0.15) is 57.1 Å². The average Bonchev–Trinajstić information content (AvgIpc) is 3.02. The first-order valence-electron chi connectivity index (χ1n) is 8.49. The minimum Gasteiger partial charge on any atom is -0.314 e. The van der Waals surface area contributed by atoms with Gasteiger partial charge in [-0.1, -0.05) is 36.6 Å². The summed E-state index contributed by atoms with van der Waals surface area (Å²) in [5.41, 5.74) is 1.30. The Bertz CT molecular complexity index is 456. The molecule has 2 fully saturated rings. The zero-order chi connectivity index (χ0) is 14.7. The second-order valence-corrected chi connectivity index (χ2v) is 7.14. The smallest absolute Gasteiger partial charge is 0.0409 e. The summed E-state index contributed by atoms with van der Waals surface area (Å²) in [6, 6.07) is 10.0. The van der Waals surface area contributed by atoms with Gasteiger partial charge >= 0.3 is 0 Å². The van der Waals surface area contributed by atoms with E-state index in [0.717, 1.165) is 17.0 Å². The summed E-state index contributed by atoms with van der Waals surface area (Å²) >= 11 is 6.13. The summed E-state index contributed by atoms with van der Waals surface area (Å²) in [5, 5.41) is 8.44. The Kier molecular flexibility index (Phi) is 5.20. The van der Waals surface area contributed by atoms with Gasteiger partial charge < -0.3 is 10.6 Å². The molecular weight excluding hydrogens is 280 g/mol. The quantitative estimate of drug-likeness (QED) is 0.866. The molecule has 116 valence electrons. The third-order valence-electron chi connectivity index (χ3n) is 5.25. The third-order valence-corrected chi connectivity index (χ3v) is 5.48. The van der Waals surface area contributed by atoms with E-state index in [1.54, 1.807) is 0 Å². The molecule has 1 aliphatic heterocycles. The zero-order valence-corrected chi connectivity index (χ0v) is 13.7. The first-order valence-corrected chi connectivity index (χ1v) is 8.87. The van der Waals surface area contributed by atoms with Crippen LogP contribution in [-0.2, 0) is 0 Å². The van der Waals surface area contributed by atoms with Crippen LogP contribution in [0.25, 0.3) is 0 Å². The maximum atomic E-state index is 6.13. The molecule has 3 rings (SSSR count). The molecule has 1 saturated carbocycles. The van der Waals surface area contributed by atoms with E-state index in [0.29, 0.717) is 12.1 Å². The van der Waals surface area contributed by atoms with Crippen molar-refractivity contribution in [1.82, 2.24) is 10.6 Å². The Morgan fingerprint density at radius 1 is 1.19 bits per heavy atom. The largest absolute Gasteiger partial charge is 0.314 e. The molecular formula is C18H27ClN2. The van der Waals surface area contributed by atoms with Crippen molar-refractivity contribution in [3.63, 3.8) is 0 Å². The van der Waals surface area contributed by atoms with Gasteiger partial charge in [-0.2, -0.15) is 0 Å².